The normalized spacial score (nSPS) is 10.9. The highest BCUT2D eigenvalue weighted by Gasteiger charge is 2.14. The number of anilines is 3. The van der Waals surface area contributed by atoms with Crippen LogP contribution in [-0.2, 0) is 13.6 Å². The Morgan fingerprint density at radius 1 is 0.960 bits per heavy atom. The zero-order chi connectivity index (χ0) is 17.2. The lowest BCUT2D eigenvalue weighted by Gasteiger charge is -2.26. The van der Waals surface area contributed by atoms with Crippen LogP contribution in [0.4, 0.5) is 17.1 Å². The molecule has 0 unspecified atom stereocenters. The van der Waals surface area contributed by atoms with Crippen LogP contribution in [-0.4, -0.2) is 9.55 Å². The average molecular weight is 328 g/mol. The number of aryl methyl sites for hydroxylation is 1. The fourth-order valence-electron chi connectivity index (χ4n) is 3.11. The molecule has 124 valence electrons. The molecule has 0 spiro atoms. The highest BCUT2D eigenvalue weighted by molar-refractivity contribution is 5.83. The van der Waals surface area contributed by atoms with Crippen molar-refractivity contribution in [3.8, 4) is 0 Å². The quantitative estimate of drug-likeness (QED) is 0.561. The highest BCUT2D eigenvalue weighted by Crippen LogP contribution is 2.33. The van der Waals surface area contributed by atoms with Crippen LogP contribution in [0.1, 0.15) is 5.56 Å². The number of benzene rings is 3. The molecular formula is C21H20N4. The Kier molecular flexibility index (Phi) is 3.86. The molecule has 0 bridgehead atoms. The van der Waals surface area contributed by atoms with Crippen molar-refractivity contribution in [1.29, 1.82) is 0 Å². The van der Waals surface area contributed by atoms with Crippen molar-refractivity contribution < 1.29 is 0 Å². The summed E-state index contributed by atoms with van der Waals surface area (Å²) in [6.07, 6.45) is 1.84. The maximum absolute atomic E-state index is 6.27. The van der Waals surface area contributed by atoms with Crippen LogP contribution in [0.25, 0.3) is 11.0 Å². The van der Waals surface area contributed by atoms with Gasteiger partial charge in [-0.05, 0) is 35.9 Å². The third kappa shape index (κ3) is 2.94. The molecule has 0 radical (unpaired) electrons. The standard InChI is InChI=1S/C21H20N4/c1-24-15-23-19-13-17(11-12-21(19)24)25(14-16-7-3-2-4-8-16)20-10-6-5-9-18(20)22/h2-13,15H,14,22H2,1H3. The number of nitrogen functional groups attached to an aromatic ring is 1. The molecule has 1 aromatic heterocycles. The Labute approximate surface area is 147 Å². The molecule has 0 saturated carbocycles. The topological polar surface area (TPSA) is 47.1 Å². The SMILES string of the molecule is Cn1cnc2cc(N(Cc3ccccc3)c3ccccc3N)ccc21. The van der Waals surface area contributed by atoms with E-state index in [0.717, 1.165) is 34.6 Å². The number of nitrogens with two attached hydrogens (primary N) is 1. The minimum Gasteiger partial charge on any atom is -0.397 e. The average Bonchev–Trinajstić information content (AvgIpc) is 3.02. The molecule has 0 aliphatic carbocycles. The summed E-state index contributed by atoms with van der Waals surface area (Å²) in [6.45, 7) is 0.743. The molecule has 1 heterocycles. The zero-order valence-electron chi connectivity index (χ0n) is 14.1. The largest absolute Gasteiger partial charge is 0.397 e. The first-order valence-corrected chi connectivity index (χ1v) is 8.29. The summed E-state index contributed by atoms with van der Waals surface area (Å²) in [7, 11) is 2.01. The van der Waals surface area contributed by atoms with Gasteiger partial charge in [0.25, 0.3) is 0 Å². The van der Waals surface area contributed by atoms with Gasteiger partial charge in [-0.3, -0.25) is 0 Å². The lowest BCUT2D eigenvalue weighted by Crippen LogP contribution is -2.17. The van der Waals surface area contributed by atoms with Crippen molar-refractivity contribution in [3.63, 3.8) is 0 Å². The molecule has 0 aliphatic rings. The molecule has 4 heteroatoms. The van der Waals surface area contributed by atoms with E-state index in [0.29, 0.717) is 0 Å². The Hall–Kier alpha value is -3.27. The number of aromatic nitrogens is 2. The van der Waals surface area contributed by atoms with E-state index in [4.69, 9.17) is 5.73 Å². The van der Waals surface area contributed by atoms with Crippen molar-refractivity contribution in [2.24, 2.45) is 7.05 Å². The second kappa shape index (κ2) is 6.32. The van der Waals surface area contributed by atoms with E-state index in [2.05, 4.69) is 58.4 Å². The zero-order valence-corrected chi connectivity index (χ0v) is 14.1. The van der Waals surface area contributed by atoms with Gasteiger partial charge in [-0.25, -0.2) is 4.98 Å². The lowest BCUT2D eigenvalue weighted by molar-refractivity contribution is 0.947. The molecule has 0 saturated heterocycles. The van der Waals surface area contributed by atoms with E-state index in [1.165, 1.54) is 5.56 Å². The van der Waals surface area contributed by atoms with Crippen molar-refractivity contribution in [2.45, 2.75) is 6.54 Å². The van der Waals surface area contributed by atoms with Gasteiger partial charge in [-0.15, -0.1) is 0 Å². The molecule has 2 N–H and O–H groups in total. The minimum atomic E-state index is 0.743. The predicted octanol–water partition coefficient (Wildman–Crippen LogP) is 4.49. The van der Waals surface area contributed by atoms with Gasteiger partial charge in [0.15, 0.2) is 0 Å². The Morgan fingerprint density at radius 3 is 2.52 bits per heavy atom. The molecule has 25 heavy (non-hydrogen) atoms. The monoisotopic (exact) mass is 328 g/mol. The van der Waals surface area contributed by atoms with Crippen LogP contribution in [0, 0.1) is 0 Å². The number of fused-ring (bicyclic) bond motifs is 1. The van der Waals surface area contributed by atoms with Crippen LogP contribution in [0.5, 0.6) is 0 Å². The van der Waals surface area contributed by atoms with Crippen LogP contribution >= 0.6 is 0 Å². The molecule has 3 aromatic carbocycles. The smallest absolute Gasteiger partial charge is 0.0955 e. The van der Waals surface area contributed by atoms with E-state index in [1.807, 2.05) is 42.2 Å². The van der Waals surface area contributed by atoms with Crippen molar-refractivity contribution in [1.82, 2.24) is 9.55 Å². The van der Waals surface area contributed by atoms with Crippen molar-refractivity contribution in [2.75, 3.05) is 10.6 Å². The summed E-state index contributed by atoms with van der Waals surface area (Å²) in [5.41, 5.74) is 12.4. The number of para-hydroxylation sites is 2. The Bertz CT molecular complexity index is 1000. The number of nitrogens with zero attached hydrogens (tertiary/aromatic N) is 3. The van der Waals surface area contributed by atoms with Crippen molar-refractivity contribution >= 4 is 28.1 Å². The summed E-state index contributed by atoms with van der Waals surface area (Å²) >= 11 is 0. The first kappa shape index (κ1) is 15.3. The maximum atomic E-state index is 6.27. The summed E-state index contributed by atoms with van der Waals surface area (Å²) in [5.74, 6) is 0. The van der Waals surface area contributed by atoms with E-state index < -0.39 is 0 Å². The van der Waals surface area contributed by atoms with Gasteiger partial charge in [0, 0.05) is 19.3 Å². The number of hydrogen-bond donors (Lipinski definition) is 1. The summed E-state index contributed by atoms with van der Waals surface area (Å²) in [4.78, 5) is 6.72. The molecule has 0 aliphatic heterocycles. The first-order valence-electron chi connectivity index (χ1n) is 8.29. The minimum absolute atomic E-state index is 0.743. The summed E-state index contributed by atoms with van der Waals surface area (Å²) < 4.78 is 2.03. The second-order valence-corrected chi connectivity index (χ2v) is 6.16. The third-order valence-electron chi connectivity index (χ3n) is 4.43. The molecule has 0 amide bonds. The second-order valence-electron chi connectivity index (χ2n) is 6.16. The van der Waals surface area contributed by atoms with Gasteiger partial charge in [0.2, 0.25) is 0 Å². The number of hydrogen-bond acceptors (Lipinski definition) is 3. The molecule has 0 atom stereocenters. The van der Waals surface area contributed by atoms with Crippen LogP contribution in [0.2, 0.25) is 0 Å². The number of rotatable bonds is 4. The molecule has 4 aromatic rings. The highest BCUT2D eigenvalue weighted by atomic mass is 15.1. The lowest BCUT2D eigenvalue weighted by atomic mass is 10.1. The first-order chi connectivity index (χ1) is 12.2. The molecule has 4 nitrogen and oxygen atoms in total. The van der Waals surface area contributed by atoms with E-state index in [9.17, 15) is 0 Å². The van der Waals surface area contributed by atoms with Crippen LogP contribution in [0.15, 0.2) is 79.1 Å². The summed E-state index contributed by atoms with van der Waals surface area (Å²) in [5, 5.41) is 0. The van der Waals surface area contributed by atoms with Gasteiger partial charge in [-0.2, -0.15) is 0 Å². The van der Waals surface area contributed by atoms with E-state index in [-0.39, 0.29) is 0 Å². The molecule has 0 fully saturated rings. The fourth-order valence-corrected chi connectivity index (χ4v) is 3.11. The third-order valence-corrected chi connectivity index (χ3v) is 4.43. The number of imidazole rings is 1. The van der Waals surface area contributed by atoms with Gasteiger partial charge in [0.05, 0.1) is 28.7 Å². The Balaban J connectivity index is 1.82. The fraction of sp³-hybridized carbons (Fsp3) is 0.0952. The molecule has 4 rings (SSSR count). The van der Waals surface area contributed by atoms with Gasteiger partial charge >= 0.3 is 0 Å². The van der Waals surface area contributed by atoms with Gasteiger partial charge in [-0.1, -0.05) is 42.5 Å². The maximum Gasteiger partial charge on any atom is 0.0955 e. The van der Waals surface area contributed by atoms with E-state index in [1.54, 1.807) is 0 Å². The van der Waals surface area contributed by atoms with Crippen molar-refractivity contribution in [3.05, 3.63) is 84.7 Å². The predicted molar refractivity (Wildman–Crippen MR) is 104 cm³/mol. The van der Waals surface area contributed by atoms with Crippen LogP contribution < -0.4 is 10.6 Å². The van der Waals surface area contributed by atoms with E-state index >= 15 is 0 Å². The van der Waals surface area contributed by atoms with Gasteiger partial charge < -0.3 is 15.2 Å². The van der Waals surface area contributed by atoms with Crippen LogP contribution in [0.3, 0.4) is 0 Å². The van der Waals surface area contributed by atoms with Gasteiger partial charge in [0.1, 0.15) is 0 Å². The molecular weight excluding hydrogens is 308 g/mol. The Morgan fingerprint density at radius 2 is 1.72 bits per heavy atom. The summed E-state index contributed by atoms with van der Waals surface area (Å²) in [6, 6.07) is 24.7.